The number of ether oxygens (including phenoxy) is 1. The average Bonchev–Trinajstić information content (AvgIpc) is 2.70. The van der Waals surface area contributed by atoms with Crippen LogP contribution in [-0.4, -0.2) is 5.91 Å². The smallest absolute Gasteiger partial charge is 0.245 e. The molecule has 1 unspecified atom stereocenters. The van der Waals surface area contributed by atoms with Gasteiger partial charge in [0.25, 0.3) is 0 Å². The molecule has 0 radical (unpaired) electrons. The third-order valence-electron chi connectivity index (χ3n) is 3.35. The Hall–Kier alpha value is -1.75. The van der Waals surface area contributed by atoms with E-state index in [1.54, 1.807) is 24.3 Å². The quantitative estimate of drug-likeness (QED) is 0.876. The summed E-state index contributed by atoms with van der Waals surface area (Å²) in [5.74, 6) is 0.797. The Kier molecular flexibility index (Phi) is 3.53. The number of carbonyl (C=O) groups is 1. The van der Waals surface area contributed by atoms with Crippen LogP contribution in [0.3, 0.4) is 0 Å². The monoisotopic (exact) mass is 322 g/mol. The highest BCUT2D eigenvalue weighted by Crippen LogP contribution is 2.40. The number of anilines is 1. The van der Waals surface area contributed by atoms with Crippen molar-refractivity contribution in [1.29, 1.82) is 0 Å². The number of nitrogens with one attached hydrogen (secondary N) is 1. The fourth-order valence-electron chi connectivity index (χ4n) is 2.17. The number of rotatable bonds is 2. The lowest BCUT2D eigenvalue weighted by molar-refractivity contribution is -0.116. The molecule has 1 aliphatic heterocycles. The van der Waals surface area contributed by atoms with Crippen molar-refractivity contribution in [3.8, 4) is 11.5 Å². The van der Waals surface area contributed by atoms with Gasteiger partial charge in [0.1, 0.15) is 17.5 Å². The summed E-state index contributed by atoms with van der Waals surface area (Å²) in [6.45, 7) is 1.91. The van der Waals surface area contributed by atoms with Crippen LogP contribution in [-0.2, 0) is 4.79 Å². The summed E-state index contributed by atoms with van der Waals surface area (Å²) < 4.78 is 5.81. The van der Waals surface area contributed by atoms with Crippen molar-refractivity contribution in [3.63, 3.8) is 0 Å². The van der Waals surface area contributed by atoms with Crippen LogP contribution < -0.4 is 15.8 Å². The first-order chi connectivity index (χ1) is 9.95. The summed E-state index contributed by atoms with van der Waals surface area (Å²) in [4.78, 5) is 11.6. The standard InChI is InChI=1S/C15H12Cl2N2O2/c1-7-2-3-8(16)4-12(7)21-13-6-11-9(5-10(13)17)14(18)15(20)19-11/h2-6,14H,18H2,1H3,(H,19,20). The zero-order chi connectivity index (χ0) is 15.1. The largest absolute Gasteiger partial charge is 0.455 e. The molecule has 0 aromatic heterocycles. The van der Waals surface area contributed by atoms with Crippen LogP contribution in [0.15, 0.2) is 30.3 Å². The lowest BCUT2D eigenvalue weighted by Crippen LogP contribution is -2.19. The van der Waals surface area contributed by atoms with Gasteiger partial charge >= 0.3 is 0 Å². The Balaban J connectivity index is 1.99. The fourth-order valence-corrected chi connectivity index (χ4v) is 2.54. The molecule has 0 saturated heterocycles. The number of amides is 1. The minimum Gasteiger partial charge on any atom is -0.455 e. The van der Waals surface area contributed by atoms with Crippen LogP contribution in [0.25, 0.3) is 0 Å². The van der Waals surface area contributed by atoms with E-state index in [1.807, 2.05) is 13.0 Å². The fraction of sp³-hybridized carbons (Fsp3) is 0.133. The molecule has 1 aliphatic rings. The van der Waals surface area contributed by atoms with Gasteiger partial charge in [-0.3, -0.25) is 4.79 Å². The molecule has 21 heavy (non-hydrogen) atoms. The number of carbonyl (C=O) groups excluding carboxylic acids is 1. The average molecular weight is 323 g/mol. The van der Waals surface area contributed by atoms with Crippen molar-refractivity contribution in [2.75, 3.05) is 5.32 Å². The maximum Gasteiger partial charge on any atom is 0.245 e. The summed E-state index contributed by atoms with van der Waals surface area (Å²) in [7, 11) is 0. The van der Waals surface area contributed by atoms with E-state index in [9.17, 15) is 4.79 Å². The zero-order valence-electron chi connectivity index (χ0n) is 11.1. The molecule has 2 aromatic rings. The number of halogens is 2. The van der Waals surface area contributed by atoms with Crippen molar-refractivity contribution in [2.24, 2.45) is 5.73 Å². The molecule has 0 fully saturated rings. The van der Waals surface area contributed by atoms with Gasteiger partial charge in [0.2, 0.25) is 5.91 Å². The maximum absolute atomic E-state index is 11.6. The number of fused-ring (bicyclic) bond motifs is 1. The molecule has 4 nitrogen and oxygen atoms in total. The van der Waals surface area contributed by atoms with E-state index in [4.69, 9.17) is 33.7 Å². The predicted octanol–water partition coefficient (Wildman–Crippen LogP) is 4.05. The van der Waals surface area contributed by atoms with Gasteiger partial charge in [-0.2, -0.15) is 0 Å². The summed E-state index contributed by atoms with van der Waals surface area (Å²) in [6.07, 6.45) is 0. The number of nitrogens with two attached hydrogens (primary N) is 1. The summed E-state index contributed by atoms with van der Waals surface area (Å²) in [5.41, 5.74) is 7.99. The third-order valence-corrected chi connectivity index (χ3v) is 3.88. The normalized spacial score (nSPS) is 16.6. The molecule has 3 rings (SSSR count). The van der Waals surface area contributed by atoms with Gasteiger partial charge in [-0.05, 0) is 30.7 Å². The van der Waals surface area contributed by atoms with E-state index in [-0.39, 0.29) is 5.91 Å². The van der Waals surface area contributed by atoms with Crippen molar-refractivity contribution >= 4 is 34.8 Å². The Morgan fingerprint density at radius 1 is 1.19 bits per heavy atom. The first-order valence-corrected chi connectivity index (χ1v) is 7.05. The Morgan fingerprint density at radius 3 is 2.71 bits per heavy atom. The highest BCUT2D eigenvalue weighted by atomic mass is 35.5. The molecular weight excluding hydrogens is 311 g/mol. The molecule has 1 amide bonds. The molecule has 1 heterocycles. The van der Waals surface area contributed by atoms with Gasteiger partial charge in [-0.15, -0.1) is 0 Å². The molecule has 0 saturated carbocycles. The number of hydrogen-bond donors (Lipinski definition) is 2. The highest BCUT2D eigenvalue weighted by Gasteiger charge is 2.28. The number of hydrogen-bond acceptors (Lipinski definition) is 3. The first kappa shape index (κ1) is 14.2. The Bertz CT molecular complexity index is 747. The second-order valence-corrected chi connectivity index (χ2v) is 5.69. The topological polar surface area (TPSA) is 64.3 Å². The van der Waals surface area contributed by atoms with Gasteiger partial charge in [0.05, 0.1) is 5.02 Å². The minimum absolute atomic E-state index is 0.253. The molecule has 3 N–H and O–H groups in total. The Labute approximate surface area is 131 Å². The van der Waals surface area contributed by atoms with Crippen molar-refractivity contribution in [1.82, 2.24) is 0 Å². The van der Waals surface area contributed by atoms with E-state index in [2.05, 4.69) is 5.32 Å². The van der Waals surface area contributed by atoms with E-state index in [0.717, 1.165) is 5.56 Å². The first-order valence-electron chi connectivity index (χ1n) is 6.29. The molecule has 0 spiro atoms. The van der Waals surface area contributed by atoms with Gasteiger partial charge in [-0.25, -0.2) is 0 Å². The zero-order valence-corrected chi connectivity index (χ0v) is 12.6. The molecule has 6 heteroatoms. The summed E-state index contributed by atoms with van der Waals surface area (Å²) in [6, 6.07) is 7.98. The van der Waals surface area contributed by atoms with E-state index in [0.29, 0.717) is 32.8 Å². The molecule has 0 aliphatic carbocycles. The van der Waals surface area contributed by atoms with Gasteiger partial charge in [0, 0.05) is 22.3 Å². The van der Waals surface area contributed by atoms with Gasteiger partial charge in [0.15, 0.2) is 0 Å². The molecule has 2 aromatic carbocycles. The molecule has 1 atom stereocenters. The maximum atomic E-state index is 11.6. The second kappa shape index (κ2) is 5.22. The van der Waals surface area contributed by atoms with Crippen molar-refractivity contribution < 1.29 is 9.53 Å². The van der Waals surface area contributed by atoms with Crippen LogP contribution in [0.4, 0.5) is 5.69 Å². The Morgan fingerprint density at radius 2 is 1.95 bits per heavy atom. The van der Waals surface area contributed by atoms with Gasteiger partial charge in [-0.1, -0.05) is 29.3 Å². The van der Waals surface area contributed by atoms with Crippen LogP contribution in [0.5, 0.6) is 11.5 Å². The summed E-state index contributed by atoms with van der Waals surface area (Å²) >= 11 is 12.2. The molecule has 0 bridgehead atoms. The predicted molar refractivity (Wildman–Crippen MR) is 83.3 cm³/mol. The van der Waals surface area contributed by atoms with Crippen LogP contribution in [0, 0.1) is 6.92 Å². The lowest BCUT2D eigenvalue weighted by Gasteiger charge is -2.12. The van der Waals surface area contributed by atoms with Crippen molar-refractivity contribution in [3.05, 3.63) is 51.5 Å². The minimum atomic E-state index is -0.695. The highest BCUT2D eigenvalue weighted by molar-refractivity contribution is 6.32. The molecular formula is C15H12Cl2N2O2. The SMILES string of the molecule is Cc1ccc(Cl)cc1Oc1cc2c(cc1Cl)C(N)C(=O)N2. The van der Waals surface area contributed by atoms with E-state index >= 15 is 0 Å². The molecule has 108 valence electrons. The summed E-state index contributed by atoms with van der Waals surface area (Å²) in [5, 5.41) is 3.66. The van der Waals surface area contributed by atoms with E-state index < -0.39 is 6.04 Å². The van der Waals surface area contributed by atoms with Crippen LogP contribution in [0.2, 0.25) is 10.0 Å². The third kappa shape index (κ3) is 2.58. The van der Waals surface area contributed by atoms with Crippen LogP contribution in [0.1, 0.15) is 17.2 Å². The van der Waals surface area contributed by atoms with E-state index in [1.165, 1.54) is 0 Å². The van der Waals surface area contributed by atoms with Gasteiger partial charge < -0.3 is 15.8 Å². The number of aryl methyl sites for hydroxylation is 1. The lowest BCUT2D eigenvalue weighted by atomic mass is 10.1. The second-order valence-electron chi connectivity index (χ2n) is 4.85. The van der Waals surface area contributed by atoms with Crippen molar-refractivity contribution in [2.45, 2.75) is 13.0 Å². The number of benzene rings is 2. The van der Waals surface area contributed by atoms with Crippen LogP contribution >= 0.6 is 23.2 Å².